The molecule has 0 radical (unpaired) electrons. The second-order valence-electron chi connectivity index (χ2n) is 5.11. The molecule has 1 heterocycles. The minimum atomic E-state index is -0.0289. The lowest BCUT2D eigenvalue weighted by molar-refractivity contribution is 0.240. The molecule has 18 heavy (non-hydrogen) atoms. The first-order valence-electron chi connectivity index (χ1n) is 6.83. The van der Waals surface area contributed by atoms with Crippen molar-refractivity contribution in [2.24, 2.45) is 0 Å². The molecular formula is C13H19N3OS. The Morgan fingerprint density at radius 1 is 1.33 bits per heavy atom. The number of aryl methyl sites for hydroxylation is 2. The average Bonchev–Trinajstić information content (AvgIpc) is 3.07. The Kier molecular flexibility index (Phi) is 3.50. The highest BCUT2D eigenvalue weighted by atomic mass is 32.1. The standard InChI is InChI=1S/C13H19N3OS/c17-13(15-9-5-6-9)14-8-7-12-16-10-3-1-2-4-11(10)18-12/h9H,1-8H2,(H2,14,15,17). The molecule has 1 fully saturated rings. The van der Waals surface area contributed by atoms with Gasteiger partial charge >= 0.3 is 6.03 Å². The molecule has 1 saturated carbocycles. The van der Waals surface area contributed by atoms with Crippen molar-refractivity contribution in [1.29, 1.82) is 0 Å². The topological polar surface area (TPSA) is 54.0 Å². The van der Waals surface area contributed by atoms with Gasteiger partial charge in [-0.05, 0) is 38.5 Å². The number of nitrogens with zero attached hydrogens (tertiary/aromatic N) is 1. The normalized spacial score (nSPS) is 18.2. The maximum Gasteiger partial charge on any atom is 0.315 e. The summed E-state index contributed by atoms with van der Waals surface area (Å²) in [4.78, 5) is 17.6. The van der Waals surface area contributed by atoms with E-state index in [1.165, 1.54) is 34.8 Å². The zero-order chi connectivity index (χ0) is 12.4. The van der Waals surface area contributed by atoms with E-state index in [1.54, 1.807) is 0 Å². The van der Waals surface area contributed by atoms with Crippen molar-refractivity contribution in [1.82, 2.24) is 15.6 Å². The first kappa shape index (κ1) is 12.0. The SMILES string of the molecule is O=C(NCCc1nc2c(s1)CCCC2)NC1CC1. The number of rotatable bonds is 4. The number of carbonyl (C=O) groups is 1. The Hall–Kier alpha value is -1.10. The Labute approximate surface area is 111 Å². The van der Waals surface area contributed by atoms with Crippen LogP contribution in [0.3, 0.4) is 0 Å². The summed E-state index contributed by atoms with van der Waals surface area (Å²) in [7, 11) is 0. The molecule has 1 aromatic rings. The van der Waals surface area contributed by atoms with Crippen LogP contribution in [0.4, 0.5) is 4.79 Å². The molecular weight excluding hydrogens is 246 g/mol. The molecule has 4 nitrogen and oxygen atoms in total. The van der Waals surface area contributed by atoms with Crippen LogP contribution < -0.4 is 10.6 Å². The third kappa shape index (κ3) is 3.02. The minimum Gasteiger partial charge on any atom is -0.338 e. The van der Waals surface area contributed by atoms with Gasteiger partial charge in [-0.2, -0.15) is 0 Å². The van der Waals surface area contributed by atoms with Gasteiger partial charge in [0, 0.05) is 23.9 Å². The lowest BCUT2D eigenvalue weighted by Gasteiger charge is -2.06. The van der Waals surface area contributed by atoms with E-state index in [-0.39, 0.29) is 6.03 Å². The van der Waals surface area contributed by atoms with Crippen LogP contribution in [0.15, 0.2) is 0 Å². The molecule has 0 bridgehead atoms. The van der Waals surface area contributed by atoms with Crippen LogP contribution in [0.2, 0.25) is 0 Å². The van der Waals surface area contributed by atoms with Crippen molar-refractivity contribution >= 4 is 17.4 Å². The highest BCUT2D eigenvalue weighted by Gasteiger charge is 2.23. The van der Waals surface area contributed by atoms with Gasteiger partial charge in [0.25, 0.3) is 0 Å². The predicted octanol–water partition coefficient (Wildman–Crippen LogP) is 2.03. The van der Waals surface area contributed by atoms with Crippen molar-refractivity contribution in [2.45, 2.75) is 51.0 Å². The summed E-state index contributed by atoms with van der Waals surface area (Å²) in [5, 5.41) is 7.00. The Morgan fingerprint density at radius 3 is 2.94 bits per heavy atom. The summed E-state index contributed by atoms with van der Waals surface area (Å²) in [5.74, 6) is 0. The number of nitrogens with one attached hydrogen (secondary N) is 2. The molecule has 0 saturated heterocycles. The van der Waals surface area contributed by atoms with Gasteiger partial charge in [0.15, 0.2) is 0 Å². The van der Waals surface area contributed by atoms with E-state index in [9.17, 15) is 4.79 Å². The summed E-state index contributed by atoms with van der Waals surface area (Å²) in [6.07, 6.45) is 8.04. The van der Waals surface area contributed by atoms with E-state index >= 15 is 0 Å². The fourth-order valence-electron chi connectivity index (χ4n) is 2.26. The van der Waals surface area contributed by atoms with Crippen molar-refractivity contribution in [3.05, 3.63) is 15.6 Å². The van der Waals surface area contributed by atoms with Crippen molar-refractivity contribution < 1.29 is 4.79 Å². The molecule has 0 spiro atoms. The summed E-state index contributed by atoms with van der Waals surface area (Å²) >= 11 is 1.83. The van der Waals surface area contributed by atoms with Gasteiger partial charge in [-0.3, -0.25) is 0 Å². The van der Waals surface area contributed by atoms with Gasteiger partial charge in [0.2, 0.25) is 0 Å². The number of amides is 2. The van der Waals surface area contributed by atoms with Gasteiger partial charge in [-0.25, -0.2) is 9.78 Å². The highest BCUT2D eigenvalue weighted by Crippen LogP contribution is 2.26. The Bertz CT molecular complexity index is 416. The first-order valence-corrected chi connectivity index (χ1v) is 7.65. The second-order valence-corrected chi connectivity index (χ2v) is 6.28. The number of thiazole rings is 1. The molecule has 0 aliphatic heterocycles. The molecule has 98 valence electrons. The molecule has 0 aromatic carbocycles. The fourth-order valence-corrected chi connectivity index (χ4v) is 3.42. The van der Waals surface area contributed by atoms with Crippen molar-refractivity contribution in [3.63, 3.8) is 0 Å². The van der Waals surface area contributed by atoms with Gasteiger partial charge < -0.3 is 10.6 Å². The average molecular weight is 265 g/mol. The zero-order valence-electron chi connectivity index (χ0n) is 10.5. The van der Waals surface area contributed by atoms with E-state index in [0.717, 1.165) is 25.7 Å². The van der Waals surface area contributed by atoms with E-state index in [1.807, 2.05) is 11.3 Å². The zero-order valence-corrected chi connectivity index (χ0v) is 11.3. The third-order valence-electron chi connectivity index (χ3n) is 3.43. The summed E-state index contributed by atoms with van der Waals surface area (Å²) in [6, 6.07) is 0.399. The number of urea groups is 1. The number of hydrogen-bond acceptors (Lipinski definition) is 3. The van der Waals surface area contributed by atoms with Gasteiger partial charge in [0.1, 0.15) is 0 Å². The van der Waals surface area contributed by atoms with Crippen LogP contribution in [-0.4, -0.2) is 23.6 Å². The van der Waals surface area contributed by atoms with Gasteiger partial charge in [-0.15, -0.1) is 11.3 Å². The maximum atomic E-state index is 11.4. The Morgan fingerprint density at radius 2 is 2.17 bits per heavy atom. The quantitative estimate of drug-likeness (QED) is 0.875. The van der Waals surface area contributed by atoms with E-state index in [4.69, 9.17) is 0 Å². The molecule has 1 aromatic heterocycles. The predicted molar refractivity (Wildman–Crippen MR) is 72.0 cm³/mol. The molecule has 3 rings (SSSR count). The highest BCUT2D eigenvalue weighted by molar-refractivity contribution is 7.11. The molecule has 2 aliphatic carbocycles. The largest absolute Gasteiger partial charge is 0.338 e. The molecule has 0 unspecified atom stereocenters. The van der Waals surface area contributed by atoms with Crippen LogP contribution in [0.25, 0.3) is 0 Å². The van der Waals surface area contributed by atoms with Crippen LogP contribution >= 0.6 is 11.3 Å². The summed E-state index contributed by atoms with van der Waals surface area (Å²) < 4.78 is 0. The fraction of sp³-hybridized carbons (Fsp3) is 0.692. The summed E-state index contributed by atoms with van der Waals surface area (Å²) in [6.45, 7) is 0.685. The second kappa shape index (κ2) is 5.26. The molecule has 0 atom stereocenters. The Balaban J connectivity index is 1.44. The van der Waals surface area contributed by atoms with E-state index < -0.39 is 0 Å². The number of carbonyl (C=O) groups excluding carboxylic acids is 1. The number of fused-ring (bicyclic) bond motifs is 1. The monoisotopic (exact) mass is 265 g/mol. The number of hydrogen-bond donors (Lipinski definition) is 2. The van der Waals surface area contributed by atoms with E-state index in [2.05, 4.69) is 15.6 Å². The van der Waals surface area contributed by atoms with Crippen LogP contribution in [-0.2, 0) is 19.3 Å². The lowest BCUT2D eigenvalue weighted by Crippen LogP contribution is -2.37. The van der Waals surface area contributed by atoms with Crippen LogP contribution in [0, 0.1) is 0 Å². The summed E-state index contributed by atoms with van der Waals surface area (Å²) in [5.41, 5.74) is 1.31. The van der Waals surface area contributed by atoms with Crippen molar-refractivity contribution in [3.8, 4) is 0 Å². The van der Waals surface area contributed by atoms with Gasteiger partial charge in [0.05, 0.1) is 10.7 Å². The van der Waals surface area contributed by atoms with Crippen LogP contribution in [0.5, 0.6) is 0 Å². The van der Waals surface area contributed by atoms with Crippen LogP contribution in [0.1, 0.15) is 41.3 Å². The molecule has 5 heteroatoms. The molecule has 2 amide bonds. The van der Waals surface area contributed by atoms with Gasteiger partial charge in [-0.1, -0.05) is 0 Å². The van der Waals surface area contributed by atoms with Crippen molar-refractivity contribution in [2.75, 3.05) is 6.54 Å². The minimum absolute atomic E-state index is 0.0289. The first-order chi connectivity index (χ1) is 8.81. The smallest absolute Gasteiger partial charge is 0.315 e. The third-order valence-corrected chi connectivity index (χ3v) is 4.64. The maximum absolute atomic E-state index is 11.4. The molecule has 2 N–H and O–H groups in total. The number of aromatic nitrogens is 1. The lowest BCUT2D eigenvalue weighted by atomic mass is 10.0. The van der Waals surface area contributed by atoms with E-state index in [0.29, 0.717) is 12.6 Å². The molecule has 2 aliphatic rings.